The molecule has 1 saturated heterocycles. The summed E-state index contributed by atoms with van der Waals surface area (Å²) in [6.07, 6.45) is 5.41. The molecule has 12 heavy (non-hydrogen) atoms. The van der Waals surface area contributed by atoms with Crippen molar-refractivity contribution >= 4 is 0 Å². The van der Waals surface area contributed by atoms with Crippen molar-refractivity contribution in [1.82, 2.24) is 5.32 Å². The van der Waals surface area contributed by atoms with Gasteiger partial charge < -0.3 is 15.8 Å². The third-order valence-corrected chi connectivity index (χ3v) is 2.69. The van der Waals surface area contributed by atoms with Crippen molar-refractivity contribution in [2.24, 2.45) is 5.73 Å². The van der Waals surface area contributed by atoms with Gasteiger partial charge >= 0.3 is 0 Å². The Labute approximate surface area is 73.7 Å². The quantitative estimate of drug-likeness (QED) is 0.635. The lowest BCUT2D eigenvalue weighted by atomic mass is 10.1. The molecular weight excluding hydrogens is 152 g/mol. The van der Waals surface area contributed by atoms with Crippen LogP contribution in [0.4, 0.5) is 0 Å². The van der Waals surface area contributed by atoms with Crippen LogP contribution in [0.15, 0.2) is 0 Å². The van der Waals surface area contributed by atoms with Gasteiger partial charge in [-0.2, -0.15) is 0 Å². The maximum absolute atomic E-state index is 5.69. The minimum absolute atomic E-state index is 0.385. The standard InChI is InChI=1S/C9H18N2O/c10-6-8(11-7-3-4-7)9-2-1-5-12-9/h7-9,11H,1-6,10H2. The van der Waals surface area contributed by atoms with E-state index in [0.29, 0.717) is 18.7 Å². The van der Waals surface area contributed by atoms with E-state index < -0.39 is 0 Å². The molecule has 2 rings (SSSR count). The van der Waals surface area contributed by atoms with Crippen molar-refractivity contribution in [2.45, 2.75) is 43.9 Å². The Kier molecular flexibility index (Phi) is 2.63. The zero-order chi connectivity index (χ0) is 8.39. The van der Waals surface area contributed by atoms with Crippen molar-refractivity contribution in [3.8, 4) is 0 Å². The third kappa shape index (κ3) is 1.97. The van der Waals surface area contributed by atoms with Crippen LogP contribution in [0.5, 0.6) is 0 Å². The number of ether oxygens (including phenoxy) is 1. The fraction of sp³-hybridized carbons (Fsp3) is 1.00. The first-order valence-electron chi connectivity index (χ1n) is 4.98. The van der Waals surface area contributed by atoms with Gasteiger partial charge in [0.1, 0.15) is 0 Å². The van der Waals surface area contributed by atoms with Crippen LogP contribution in [0.1, 0.15) is 25.7 Å². The molecular formula is C9H18N2O. The minimum atomic E-state index is 0.385. The molecule has 1 heterocycles. The van der Waals surface area contributed by atoms with Gasteiger partial charge in [-0.1, -0.05) is 0 Å². The molecule has 1 aliphatic heterocycles. The topological polar surface area (TPSA) is 47.3 Å². The Morgan fingerprint density at radius 1 is 1.42 bits per heavy atom. The number of nitrogens with two attached hydrogens (primary N) is 1. The Morgan fingerprint density at radius 2 is 2.25 bits per heavy atom. The monoisotopic (exact) mass is 170 g/mol. The molecule has 2 fully saturated rings. The van der Waals surface area contributed by atoms with Gasteiger partial charge in [0.2, 0.25) is 0 Å². The summed E-state index contributed by atoms with van der Waals surface area (Å²) in [4.78, 5) is 0. The molecule has 0 radical (unpaired) electrons. The molecule has 0 aromatic carbocycles. The molecule has 0 spiro atoms. The first kappa shape index (κ1) is 8.48. The van der Waals surface area contributed by atoms with E-state index >= 15 is 0 Å². The van der Waals surface area contributed by atoms with Crippen LogP contribution in [-0.4, -0.2) is 31.3 Å². The van der Waals surface area contributed by atoms with Crippen LogP contribution in [0.3, 0.4) is 0 Å². The minimum Gasteiger partial charge on any atom is -0.377 e. The van der Waals surface area contributed by atoms with Gasteiger partial charge in [0, 0.05) is 25.2 Å². The number of hydrogen-bond acceptors (Lipinski definition) is 3. The van der Waals surface area contributed by atoms with Gasteiger partial charge in [0.05, 0.1) is 6.10 Å². The molecule has 1 saturated carbocycles. The molecule has 1 aliphatic carbocycles. The number of rotatable bonds is 4. The lowest BCUT2D eigenvalue weighted by Crippen LogP contribution is -2.46. The maximum Gasteiger partial charge on any atom is 0.0741 e. The Hall–Kier alpha value is -0.120. The summed E-state index contributed by atoms with van der Waals surface area (Å²) in [5.74, 6) is 0. The largest absolute Gasteiger partial charge is 0.377 e. The van der Waals surface area contributed by atoms with E-state index in [0.717, 1.165) is 12.6 Å². The van der Waals surface area contributed by atoms with Crippen molar-refractivity contribution in [3.63, 3.8) is 0 Å². The Balaban J connectivity index is 1.78. The second-order valence-electron chi connectivity index (χ2n) is 3.83. The van der Waals surface area contributed by atoms with E-state index in [9.17, 15) is 0 Å². The lowest BCUT2D eigenvalue weighted by molar-refractivity contribution is 0.0801. The second-order valence-corrected chi connectivity index (χ2v) is 3.83. The lowest BCUT2D eigenvalue weighted by Gasteiger charge is -2.22. The first-order chi connectivity index (χ1) is 5.90. The van der Waals surface area contributed by atoms with Crippen LogP contribution < -0.4 is 11.1 Å². The van der Waals surface area contributed by atoms with Crippen LogP contribution >= 0.6 is 0 Å². The maximum atomic E-state index is 5.69. The van der Waals surface area contributed by atoms with Crippen LogP contribution in [0.2, 0.25) is 0 Å². The van der Waals surface area contributed by atoms with Gasteiger partial charge in [-0.15, -0.1) is 0 Å². The molecule has 2 atom stereocenters. The average molecular weight is 170 g/mol. The summed E-state index contributed by atoms with van der Waals surface area (Å²) in [6.45, 7) is 1.63. The van der Waals surface area contributed by atoms with Crippen molar-refractivity contribution in [1.29, 1.82) is 0 Å². The predicted octanol–water partition coefficient (Wildman–Crippen LogP) is 0.245. The smallest absolute Gasteiger partial charge is 0.0741 e. The van der Waals surface area contributed by atoms with E-state index in [1.807, 2.05) is 0 Å². The van der Waals surface area contributed by atoms with Crippen molar-refractivity contribution in [3.05, 3.63) is 0 Å². The summed E-state index contributed by atoms with van der Waals surface area (Å²) >= 11 is 0. The zero-order valence-corrected chi connectivity index (χ0v) is 7.46. The highest BCUT2D eigenvalue weighted by Crippen LogP contribution is 2.22. The van der Waals surface area contributed by atoms with Crippen LogP contribution in [0.25, 0.3) is 0 Å². The van der Waals surface area contributed by atoms with E-state index in [2.05, 4.69) is 5.32 Å². The average Bonchev–Trinajstić information content (AvgIpc) is 2.74. The zero-order valence-electron chi connectivity index (χ0n) is 7.46. The molecule has 0 aromatic rings. The Bertz CT molecular complexity index is 141. The van der Waals surface area contributed by atoms with E-state index in [4.69, 9.17) is 10.5 Å². The molecule has 3 N–H and O–H groups in total. The first-order valence-corrected chi connectivity index (χ1v) is 4.98. The second kappa shape index (κ2) is 3.73. The number of hydrogen-bond donors (Lipinski definition) is 2. The molecule has 0 aromatic heterocycles. The molecule has 2 aliphatic rings. The highest BCUT2D eigenvalue weighted by atomic mass is 16.5. The van der Waals surface area contributed by atoms with E-state index in [-0.39, 0.29) is 0 Å². The number of nitrogens with one attached hydrogen (secondary N) is 1. The van der Waals surface area contributed by atoms with Gasteiger partial charge in [-0.25, -0.2) is 0 Å². The summed E-state index contributed by atoms with van der Waals surface area (Å²) in [6, 6.07) is 1.14. The van der Waals surface area contributed by atoms with Gasteiger partial charge in [0.15, 0.2) is 0 Å². The summed E-state index contributed by atoms with van der Waals surface area (Å²) in [5, 5.41) is 3.53. The van der Waals surface area contributed by atoms with Crippen LogP contribution in [0, 0.1) is 0 Å². The van der Waals surface area contributed by atoms with Gasteiger partial charge in [-0.05, 0) is 25.7 Å². The highest BCUT2D eigenvalue weighted by Gasteiger charge is 2.30. The van der Waals surface area contributed by atoms with E-state index in [1.165, 1.54) is 25.7 Å². The van der Waals surface area contributed by atoms with Crippen LogP contribution in [-0.2, 0) is 4.74 Å². The fourth-order valence-electron chi connectivity index (χ4n) is 1.80. The normalized spacial score (nSPS) is 32.2. The SMILES string of the molecule is NCC(NC1CC1)C1CCCO1. The highest BCUT2D eigenvalue weighted by molar-refractivity contribution is 4.89. The third-order valence-electron chi connectivity index (χ3n) is 2.69. The molecule has 0 amide bonds. The molecule has 70 valence electrons. The van der Waals surface area contributed by atoms with E-state index in [1.54, 1.807) is 0 Å². The molecule has 2 unspecified atom stereocenters. The van der Waals surface area contributed by atoms with Crippen molar-refractivity contribution in [2.75, 3.05) is 13.2 Å². The predicted molar refractivity (Wildman–Crippen MR) is 48.0 cm³/mol. The summed E-state index contributed by atoms with van der Waals surface area (Å²) < 4.78 is 5.59. The van der Waals surface area contributed by atoms with Crippen molar-refractivity contribution < 1.29 is 4.74 Å². The Morgan fingerprint density at radius 3 is 2.75 bits per heavy atom. The molecule has 0 bridgehead atoms. The van der Waals surface area contributed by atoms with Gasteiger partial charge in [-0.3, -0.25) is 0 Å². The molecule has 3 heteroatoms. The molecule has 3 nitrogen and oxygen atoms in total. The van der Waals surface area contributed by atoms with Gasteiger partial charge in [0.25, 0.3) is 0 Å². The summed E-state index contributed by atoms with van der Waals surface area (Å²) in [5.41, 5.74) is 5.69. The fourth-order valence-corrected chi connectivity index (χ4v) is 1.80. The summed E-state index contributed by atoms with van der Waals surface area (Å²) in [7, 11) is 0.